The van der Waals surface area contributed by atoms with Gasteiger partial charge in [0.25, 0.3) is 5.91 Å². The second-order valence-electron chi connectivity index (χ2n) is 3.62. The van der Waals surface area contributed by atoms with Crippen LogP contribution in [0.1, 0.15) is 25.9 Å². The Hall–Kier alpha value is -1.73. The average molecular weight is 341 g/mol. The minimum atomic E-state index is -1.07. The predicted octanol–water partition coefficient (Wildman–Crippen LogP) is 2.53. The predicted molar refractivity (Wildman–Crippen MR) is 74.4 cm³/mol. The summed E-state index contributed by atoms with van der Waals surface area (Å²) in [5, 5.41) is 13.4. The fraction of sp³-hybridized carbons (Fsp3) is 0.0833. The molecule has 0 radical (unpaired) electrons. The number of carbonyl (C=O) groups excluding carboxylic acids is 1. The Morgan fingerprint density at radius 1 is 1.42 bits per heavy atom. The first-order chi connectivity index (χ1) is 9.06. The molecule has 2 rings (SSSR count). The number of halogens is 1. The third kappa shape index (κ3) is 3.62. The van der Waals surface area contributed by atoms with Gasteiger partial charge in [0.15, 0.2) is 5.69 Å². The Morgan fingerprint density at radius 3 is 2.84 bits per heavy atom. The number of carboxylic acid groups (broad SMARTS) is 1. The van der Waals surface area contributed by atoms with Gasteiger partial charge in [-0.1, -0.05) is 22.0 Å². The third-order valence-corrected chi connectivity index (χ3v) is 3.60. The van der Waals surface area contributed by atoms with Crippen LogP contribution in [-0.4, -0.2) is 22.0 Å². The Bertz CT molecular complexity index is 627. The van der Waals surface area contributed by atoms with Crippen molar-refractivity contribution in [3.8, 4) is 0 Å². The number of hydrogen-bond donors (Lipinski definition) is 2. The number of aromatic carboxylic acids is 1. The summed E-state index contributed by atoms with van der Waals surface area (Å²) in [6.45, 7) is 0.212. The highest BCUT2D eigenvalue weighted by Gasteiger charge is 2.10. The van der Waals surface area contributed by atoms with E-state index in [0.717, 1.165) is 4.47 Å². The number of nitrogens with one attached hydrogen (secondary N) is 1. The van der Waals surface area contributed by atoms with Gasteiger partial charge in [-0.25, -0.2) is 9.78 Å². The van der Waals surface area contributed by atoms with Crippen molar-refractivity contribution >= 4 is 39.1 Å². The number of aromatic nitrogens is 1. The van der Waals surface area contributed by atoms with Gasteiger partial charge in [0.05, 0.1) is 6.54 Å². The Labute approximate surface area is 121 Å². The van der Waals surface area contributed by atoms with Crippen LogP contribution in [0.15, 0.2) is 34.1 Å². The van der Waals surface area contributed by atoms with Gasteiger partial charge in [0.1, 0.15) is 5.01 Å². The number of amides is 1. The first-order valence-electron chi connectivity index (χ1n) is 5.28. The molecule has 0 aliphatic rings. The van der Waals surface area contributed by atoms with E-state index >= 15 is 0 Å². The van der Waals surface area contributed by atoms with Crippen LogP contribution in [0, 0.1) is 0 Å². The molecule has 98 valence electrons. The van der Waals surface area contributed by atoms with Crippen molar-refractivity contribution in [3.05, 3.63) is 50.4 Å². The summed E-state index contributed by atoms with van der Waals surface area (Å²) in [6, 6.07) is 7.01. The highest BCUT2D eigenvalue weighted by Crippen LogP contribution is 2.12. The van der Waals surface area contributed by atoms with Crippen LogP contribution in [0.25, 0.3) is 0 Å². The highest BCUT2D eigenvalue weighted by molar-refractivity contribution is 9.10. The number of benzene rings is 1. The lowest BCUT2D eigenvalue weighted by molar-refractivity contribution is 0.0691. The molecule has 0 atom stereocenters. The number of rotatable bonds is 4. The van der Waals surface area contributed by atoms with Gasteiger partial charge in [-0.15, -0.1) is 11.3 Å². The quantitative estimate of drug-likeness (QED) is 0.896. The number of nitrogens with zero attached hydrogens (tertiary/aromatic N) is 1. The van der Waals surface area contributed by atoms with Crippen LogP contribution < -0.4 is 5.32 Å². The zero-order valence-corrected chi connectivity index (χ0v) is 12.0. The molecule has 0 spiro atoms. The molecule has 0 saturated carbocycles. The molecule has 1 heterocycles. The first-order valence-corrected chi connectivity index (χ1v) is 6.95. The molecule has 0 aliphatic carbocycles. The number of carboxylic acids is 1. The zero-order valence-electron chi connectivity index (χ0n) is 9.59. The van der Waals surface area contributed by atoms with Crippen LogP contribution in [0.4, 0.5) is 0 Å². The maximum atomic E-state index is 11.8. The summed E-state index contributed by atoms with van der Waals surface area (Å²) in [5.74, 6) is -1.30. The standard InChI is InChI=1S/C12H9BrN2O3S/c13-8-3-1-2-7(4-8)11(16)14-5-10-15-9(6-19-10)12(17)18/h1-4,6H,5H2,(H,14,16)(H,17,18). The van der Waals surface area contributed by atoms with E-state index in [9.17, 15) is 9.59 Å². The van der Waals surface area contributed by atoms with Crippen LogP contribution in [-0.2, 0) is 6.54 Å². The summed E-state index contributed by atoms with van der Waals surface area (Å²) in [4.78, 5) is 26.4. The SMILES string of the molecule is O=C(NCc1nc(C(=O)O)cs1)c1cccc(Br)c1. The first kappa shape index (κ1) is 13.7. The number of thiazole rings is 1. The molecule has 7 heteroatoms. The lowest BCUT2D eigenvalue weighted by atomic mass is 10.2. The van der Waals surface area contributed by atoms with E-state index in [1.54, 1.807) is 18.2 Å². The molecule has 0 saturated heterocycles. The van der Waals surface area contributed by atoms with Crippen LogP contribution in [0.2, 0.25) is 0 Å². The molecule has 0 unspecified atom stereocenters. The van der Waals surface area contributed by atoms with Crippen molar-refractivity contribution in [1.82, 2.24) is 10.3 Å². The summed E-state index contributed by atoms with van der Waals surface area (Å²) in [5.41, 5.74) is 0.529. The third-order valence-electron chi connectivity index (χ3n) is 2.26. The fourth-order valence-corrected chi connectivity index (χ4v) is 2.48. The van der Waals surface area contributed by atoms with Gasteiger partial charge < -0.3 is 10.4 Å². The molecular formula is C12H9BrN2O3S. The fourth-order valence-electron chi connectivity index (χ4n) is 1.38. The summed E-state index contributed by atoms with van der Waals surface area (Å²) in [6.07, 6.45) is 0. The molecule has 2 aromatic rings. The van der Waals surface area contributed by atoms with E-state index in [0.29, 0.717) is 10.6 Å². The molecule has 0 bridgehead atoms. The minimum Gasteiger partial charge on any atom is -0.476 e. The highest BCUT2D eigenvalue weighted by atomic mass is 79.9. The molecule has 1 amide bonds. The van der Waals surface area contributed by atoms with Gasteiger partial charge in [-0.05, 0) is 18.2 Å². The van der Waals surface area contributed by atoms with Gasteiger partial charge in [0, 0.05) is 15.4 Å². The monoisotopic (exact) mass is 340 g/mol. The molecule has 5 nitrogen and oxygen atoms in total. The Morgan fingerprint density at radius 2 is 2.21 bits per heavy atom. The van der Waals surface area contributed by atoms with Crippen LogP contribution >= 0.6 is 27.3 Å². The molecule has 0 aliphatic heterocycles. The van der Waals surface area contributed by atoms with Gasteiger partial charge in [0.2, 0.25) is 0 Å². The second kappa shape index (κ2) is 5.94. The van der Waals surface area contributed by atoms with Crippen molar-refractivity contribution < 1.29 is 14.7 Å². The van der Waals surface area contributed by atoms with E-state index in [4.69, 9.17) is 5.11 Å². The molecule has 1 aromatic carbocycles. The smallest absolute Gasteiger partial charge is 0.355 e. The van der Waals surface area contributed by atoms with Gasteiger partial charge in [-0.2, -0.15) is 0 Å². The van der Waals surface area contributed by atoms with E-state index in [1.165, 1.54) is 16.7 Å². The van der Waals surface area contributed by atoms with E-state index in [1.807, 2.05) is 6.07 Å². The van der Waals surface area contributed by atoms with Gasteiger partial charge >= 0.3 is 5.97 Å². The van der Waals surface area contributed by atoms with E-state index in [2.05, 4.69) is 26.2 Å². The molecule has 19 heavy (non-hydrogen) atoms. The second-order valence-corrected chi connectivity index (χ2v) is 5.48. The van der Waals surface area contributed by atoms with Crippen molar-refractivity contribution in [1.29, 1.82) is 0 Å². The molecule has 0 fully saturated rings. The van der Waals surface area contributed by atoms with Crippen molar-refractivity contribution in [3.63, 3.8) is 0 Å². The molecule has 1 aromatic heterocycles. The van der Waals surface area contributed by atoms with E-state index in [-0.39, 0.29) is 18.1 Å². The van der Waals surface area contributed by atoms with E-state index < -0.39 is 5.97 Å². The largest absolute Gasteiger partial charge is 0.476 e. The van der Waals surface area contributed by atoms with Crippen LogP contribution in [0.5, 0.6) is 0 Å². The maximum absolute atomic E-state index is 11.8. The number of carbonyl (C=O) groups is 2. The summed E-state index contributed by atoms with van der Waals surface area (Å²) < 4.78 is 0.822. The molecule has 2 N–H and O–H groups in total. The van der Waals surface area contributed by atoms with Crippen molar-refractivity contribution in [2.75, 3.05) is 0 Å². The zero-order chi connectivity index (χ0) is 13.8. The Kier molecular flexibility index (Phi) is 4.28. The van der Waals surface area contributed by atoms with Crippen molar-refractivity contribution in [2.45, 2.75) is 6.54 Å². The molecular weight excluding hydrogens is 332 g/mol. The minimum absolute atomic E-state index is 0.00305. The number of hydrogen-bond acceptors (Lipinski definition) is 4. The average Bonchev–Trinajstić information content (AvgIpc) is 2.85. The van der Waals surface area contributed by atoms with Gasteiger partial charge in [-0.3, -0.25) is 4.79 Å². The summed E-state index contributed by atoms with van der Waals surface area (Å²) in [7, 11) is 0. The summed E-state index contributed by atoms with van der Waals surface area (Å²) >= 11 is 4.49. The Balaban J connectivity index is 1.98. The van der Waals surface area contributed by atoms with Crippen LogP contribution in [0.3, 0.4) is 0 Å². The lowest BCUT2D eigenvalue weighted by Crippen LogP contribution is -2.22. The van der Waals surface area contributed by atoms with Crippen molar-refractivity contribution in [2.24, 2.45) is 0 Å². The topological polar surface area (TPSA) is 79.3 Å². The maximum Gasteiger partial charge on any atom is 0.355 e. The lowest BCUT2D eigenvalue weighted by Gasteiger charge is -2.03. The normalized spacial score (nSPS) is 10.2.